The second kappa shape index (κ2) is 7.34. The summed E-state index contributed by atoms with van der Waals surface area (Å²) < 4.78 is 0. The molecule has 1 saturated heterocycles. The molecule has 0 amide bonds. The molecule has 1 unspecified atom stereocenters. The van der Waals surface area contributed by atoms with E-state index >= 15 is 0 Å². The molecule has 1 N–H and O–H groups in total. The first kappa shape index (κ1) is 15.7. The molecule has 1 atom stereocenters. The highest BCUT2D eigenvalue weighted by atomic mass is 35.5. The fraction of sp³-hybridized carbons (Fsp3) is 0.733. The Morgan fingerprint density at radius 2 is 2.20 bits per heavy atom. The molecule has 112 valence electrons. The van der Waals surface area contributed by atoms with E-state index in [4.69, 9.17) is 11.6 Å². The van der Waals surface area contributed by atoms with Crippen LogP contribution in [0, 0.1) is 6.92 Å². The van der Waals surface area contributed by atoms with Gasteiger partial charge in [-0.05, 0) is 46.2 Å². The number of hydrogen-bond donors (Lipinski definition) is 1. The molecule has 0 saturated carbocycles. The molecule has 2 rings (SSSR count). The van der Waals surface area contributed by atoms with Gasteiger partial charge in [-0.25, -0.2) is 9.97 Å². The number of nitrogens with one attached hydrogen (secondary N) is 1. The summed E-state index contributed by atoms with van der Waals surface area (Å²) in [6.07, 6.45) is 3.89. The summed E-state index contributed by atoms with van der Waals surface area (Å²) in [6, 6.07) is 2.86. The minimum Gasteiger partial charge on any atom is -0.313 e. The molecule has 4 nitrogen and oxygen atoms in total. The Kier molecular flexibility index (Phi) is 5.75. The van der Waals surface area contributed by atoms with Gasteiger partial charge < -0.3 is 5.32 Å². The van der Waals surface area contributed by atoms with Crippen LogP contribution in [0.4, 0.5) is 0 Å². The zero-order valence-corrected chi connectivity index (χ0v) is 13.5. The number of rotatable bonds is 5. The van der Waals surface area contributed by atoms with Crippen LogP contribution in [0.2, 0.25) is 5.15 Å². The van der Waals surface area contributed by atoms with Crippen LogP contribution in [0.5, 0.6) is 0 Å². The summed E-state index contributed by atoms with van der Waals surface area (Å²) in [7, 11) is 0. The van der Waals surface area contributed by atoms with Crippen molar-refractivity contribution in [1.82, 2.24) is 20.2 Å². The Labute approximate surface area is 126 Å². The maximum absolute atomic E-state index is 6.02. The van der Waals surface area contributed by atoms with Crippen LogP contribution >= 0.6 is 11.6 Å². The predicted octanol–water partition coefficient (Wildman–Crippen LogP) is 2.79. The van der Waals surface area contributed by atoms with Crippen molar-refractivity contribution in [2.24, 2.45) is 0 Å². The molecular weight excluding hydrogens is 272 g/mol. The molecule has 5 heteroatoms. The minimum atomic E-state index is 0.474. The van der Waals surface area contributed by atoms with Crippen molar-refractivity contribution < 1.29 is 0 Å². The molecule has 1 aliphatic heterocycles. The van der Waals surface area contributed by atoms with Gasteiger partial charge in [-0.2, -0.15) is 0 Å². The summed E-state index contributed by atoms with van der Waals surface area (Å²) in [5.74, 6) is 0.819. The van der Waals surface area contributed by atoms with Crippen LogP contribution in [0.15, 0.2) is 6.07 Å². The van der Waals surface area contributed by atoms with Gasteiger partial charge in [0.2, 0.25) is 0 Å². The third-order valence-corrected chi connectivity index (χ3v) is 4.00. The van der Waals surface area contributed by atoms with Crippen molar-refractivity contribution in [3.63, 3.8) is 0 Å². The SMILES string of the molecule is Cc1cc(Cl)nc(CN(CC2CCCCN2)C(C)C)n1. The lowest BCUT2D eigenvalue weighted by Gasteiger charge is -2.32. The van der Waals surface area contributed by atoms with Gasteiger partial charge >= 0.3 is 0 Å². The summed E-state index contributed by atoms with van der Waals surface area (Å²) in [6.45, 7) is 9.35. The van der Waals surface area contributed by atoms with Gasteiger partial charge in [-0.1, -0.05) is 18.0 Å². The maximum atomic E-state index is 6.02. The average Bonchev–Trinajstić information content (AvgIpc) is 2.38. The molecule has 20 heavy (non-hydrogen) atoms. The lowest BCUT2D eigenvalue weighted by molar-refractivity contribution is 0.173. The number of aromatic nitrogens is 2. The van der Waals surface area contributed by atoms with Crippen molar-refractivity contribution in [2.75, 3.05) is 13.1 Å². The molecule has 0 aliphatic carbocycles. The molecule has 0 aromatic carbocycles. The Balaban J connectivity index is 2.00. The largest absolute Gasteiger partial charge is 0.313 e. The third kappa shape index (κ3) is 4.69. The highest BCUT2D eigenvalue weighted by Crippen LogP contribution is 2.14. The lowest BCUT2D eigenvalue weighted by atomic mass is 10.0. The van der Waals surface area contributed by atoms with Gasteiger partial charge in [0.05, 0.1) is 6.54 Å². The molecule has 0 spiro atoms. The van der Waals surface area contributed by atoms with Crippen molar-refractivity contribution in [1.29, 1.82) is 0 Å². The number of aryl methyl sites for hydroxylation is 1. The zero-order valence-electron chi connectivity index (χ0n) is 12.7. The molecule has 1 fully saturated rings. The number of nitrogens with zero attached hydrogens (tertiary/aromatic N) is 3. The fourth-order valence-electron chi connectivity index (χ4n) is 2.66. The maximum Gasteiger partial charge on any atom is 0.144 e. The Morgan fingerprint density at radius 1 is 1.40 bits per heavy atom. The van der Waals surface area contributed by atoms with E-state index in [1.807, 2.05) is 6.92 Å². The van der Waals surface area contributed by atoms with E-state index in [2.05, 4.69) is 34.0 Å². The molecule has 2 heterocycles. The summed E-state index contributed by atoms with van der Waals surface area (Å²) >= 11 is 6.02. The van der Waals surface area contributed by atoms with E-state index < -0.39 is 0 Å². The molecule has 1 aromatic rings. The topological polar surface area (TPSA) is 41.1 Å². The van der Waals surface area contributed by atoms with Gasteiger partial charge in [-0.15, -0.1) is 0 Å². The van der Waals surface area contributed by atoms with Gasteiger partial charge in [-0.3, -0.25) is 4.90 Å². The predicted molar refractivity (Wildman–Crippen MR) is 83.0 cm³/mol. The first-order chi connectivity index (χ1) is 9.54. The third-order valence-electron chi connectivity index (χ3n) is 3.81. The molecule has 1 aromatic heterocycles. The average molecular weight is 297 g/mol. The first-order valence-electron chi connectivity index (χ1n) is 7.52. The van der Waals surface area contributed by atoms with Crippen LogP contribution in [0.25, 0.3) is 0 Å². The fourth-order valence-corrected chi connectivity index (χ4v) is 2.92. The number of piperidine rings is 1. The summed E-state index contributed by atoms with van der Waals surface area (Å²) in [4.78, 5) is 11.3. The molecule has 1 aliphatic rings. The second-order valence-corrected chi connectivity index (χ2v) is 6.31. The van der Waals surface area contributed by atoms with Crippen molar-refractivity contribution in [3.8, 4) is 0 Å². The Hall–Kier alpha value is -0.710. The standard InChI is InChI=1S/C15H25ClN4/c1-11(2)20(9-13-6-4-5-7-17-13)10-15-18-12(3)8-14(16)19-15/h8,11,13,17H,4-7,9-10H2,1-3H3. The normalized spacial score (nSPS) is 19.8. The van der Waals surface area contributed by atoms with Gasteiger partial charge in [0.25, 0.3) is 0 Å². The van der Waals surface area contributed by atoms with Gasteiger partial charge in [0.15, 0.2) is 0 Å². The smallest absolute Gasteiger partial charge is 0.144 e. The van der Waals surface area contributed by atoms with Crippen LogP contribution in [0.1, 0.15) is 44.6 Å². The monoisotopic (exact) mass is 296 g/mol. The van der Waals surface area contributed by atoms with E-state index in [-0.39, 0.29) is 0 Å². The van der Waals surface area contributed by atoms with E-state index in [9.17, 15) is 0 Å². The first-order valence-corrected chi connectivity index (χ1v) is 7.90. The molecule has 0 bridgehead atoms. The van der Waals surface area contributed by atoms with Crippen molar-refractivity contribution >= 4 is 11.6 Å². The highest BCUT2D eigenvalue weighted by Gasteiger charge is 2.19. The van der Waals surface area contributed by atoms with Crippen LogP contribution in [-0.2, 0) is 6.54 Å². The highest BCUT2D eigenvalue weighted by molar-refractivity contribution is 6.29. The van der Waals surface area contributed by atoms with Crippen LogP contribution in [0.3, 0.4) is 0 Å². The number of halogens is 1. The molecule has 0 radical (unpaired) electrons. The van der Waals surface area contributed by atoms with Crippen molar-refractivity contribution in [2.45, 2.75) is 58.7 Å². The lowest BCUT2D eigenvalue weighted by Crippen LogP contribution is -2.45. The van der Waals surface area contributed by atoms with E-state index in [1.165, 1.54) is 19.3 Å². The molecular formula is C15H25ClN4. The van der Waals surface area contributed by atoms with Gasteiger partial charge in [0, 0.05) is 24.3 Å². The summed E-state index contributed by atoms with van der Waals surface area (Å²) in [5.41, 5.74) is 0.930. The minimum absolute atomic E-state index is 0.474. The van der Waals surface area contributed by atoms with E-state index in [1.54, 1.807) is 6.07 Å². The van der Waals surface area contributed by atoms with Crippen molar-refractivity contribution in [3.05, 3.63) is 22.7 Å². The zero-order chi connectivity index (χ0) is 14.5. The van der Waals surface area contributed by atoms with Crippen LogP contribution in [-0.4, -0.2) is 40.0 Å². The van der Waals surface area contributed by atoms with E-state index in [0.717, 1.165) is 31.2 Å². The Morgan fingerprint density at radius 3 is 2.80 bits per heavy atom. The summed E-state index contributed by atoms with van der Waals surface area (Å²) in [5, 5.41) is 4.14. The van der Waals surface area contributed by atoms with Crippen LogP contribution < -0.4 is 5.32 Å². The second-order valence-electron chi connectivity index (χ2n) is 5.92. The quantitative estimate of drug-likeness (QED) is 0.848. The van der Waals surface area contributed by atoms with E-state index in [0.29, 0.717) is 17.2 Å². The Bertz CT molecular complexity index is 410. The van der Waals surface area contributed by atoms with Gasteiger partial charge in [0.1, 0.15) is 11.0 Å². The number of hydrogen-bond acceptors (Lipinski definition) is 4.